The molecule has 0 fully saturated rings. The second-order valence-corrected chi connectivity index (χ2v) is 5.32. The maximum Gasteiger partial charge on any atom is 0.119 e. The van der Waals surface area contributed by atoms with Crippen LogP contribution >= 0.6 is 15.9 Å². The monoisotopic (exact) mass is 328 g/mol. The highest BCUT2D eigenvalue weighted by Crippen LogP contribution is 2.27. The van der Waals surface area contributed by atoms with Gasteiger partial charge in [-0.15, -0.1) is 0 Å². The molecule has 0 bridgehead atoms. The molecule has 0 spiro atoms. The minimum atomic E-state index is 0.834. The van der Waals surface area contributed by atoms with Crippen LogP contribution < -0.4 is 4.74 Å². The first-order valence-corrected chi connectivity index (χ1v) is 7.01. The molecule has 0 radical (unpaired) electrons. The van der Waals surface area contributed by atoms with Crippen LogP contribution in [0.4, 0.5) is 0 Å². The zero-order chi connectivity index (χ0) is 13.9. The van der Waals surface area contributed by atoms with Gasteiger partial charge in [0.25, 0.3) is 0 Å². The Labute approximate surface area is 125 Å². The van der Waals surface area contributed by atoms with Crippen molar-refractivity contribution in [3.05, 3.63) is 59.1 Å². The quantitative estimate of drug-likeness (QED) is 0.767. The molecule has 0 saturated heterocycles. The van der Waals surface area contributed by atoms with Crippen LogP contribution in [0.5, 0.6) is 5.75 Å². The number of aromatic amines is 1. The largest absolute Gasteiger partial charge is 0.497 e. The van der Waals surface area contributed by atoms with Gasteiger partial charge in [0.05, 0.1) is 18.5 Å². The van der Waals surface area contributed by atoms with Gasteiger partial charge in [-0.1, -0.05) is 40.2 Å². The van der Waals surface area contributed by atoms with E-state index in [0.29, 0.717) is 0 Å². The molecule has 1 aromatic heterocycles. The summed E-state index contributed by atoms with van der Waals surface area (Å²) in [5.74, 6) is 0.834. The second-order valence-electron chi connectivity index (χ2n) is 4.41. The number of ether oxygens (including phenoxy) is 1. The number of benzene rings is 2. The van der Waals surface area contributed by atoms with Gasteiger partial charge in [-0.2, -0.15) is 5.10 Å². The topological polar surface area (TPSA) is 37.9 Å². The number of nitrogens with zero attached hydrogens (tertiary/aromatic N) is 1. The van der Waals surface area contributed by atoms with Crippen LogP contribution in [0, 0.1) is 0 Å². The Hall–Kier alpha value is -2.07. The standard InChI is InChI=1S/C16H13BrN2O/c1-20-14-7-3-5-12(9-14)16-10-15(18-19-16)11-4-2-6-13(17)8-11/h2-10H,1H3,(H,18,19). The zero-order valence-electron chi connectivity index (χ0n) is 10.9. The number of hydrogen-bond acceptors (Lipinski definition) is 2. The number of nitrogens with one attached hydrogen (secondary N) is 1. The van der Waals surface area contributed by atoms with E-state index in [1.807, 2.05) is 54.6 Å². The van der Waals surface area contributed by atoms with Gasteiger partial charge in [-0.05, 0) is 30.3 Å². The van der Waals surface area contributed by atoms with E-state index in [2.05, 4.69) is 26.1 Å². The van der Waals surface area contributed by atoms with Crippen LogP contribution in [0.1, 0.15) is 0 Å². The first-order valence-electron chi connectivity index (χ1n) is 6.22. The van der Waals surface area contributed by atoms with Crippen molar-refractivity contribution in [2.24, 2.45) is 0 Å². The molecular formula is C16H13BrN2O. The van der Waals surface area contributed by atoms with Crippen molar-refractivity contribution in [1.29, 1.82) is 0 Å². The Kier molecular flexibility index (Phi) is 3.56. The predicted octanol–water partition coefficient (Wildman–Crippen LogP) is 4.51. The molecule has 100 valence electrons. The highest BCUT2D eigenvalue weighted by Gasteiger charge is 2.06. The van der Waals surface area contributed by atoms with E-state index >= 15 is 0 Å². The van der Waals surface area contributed by atoms with Crippen molar-refractivity contribution in [2.75, 3.05) is 7.11 Å². The molecule has 3 nitrogen and oxygen atoms in total. The number of aromatic nitrogens is 2. The van der Waals surface area contributed by atoms with Crippen molar-refractivity contribution in [3.63, 3.8) is 0 Å². The Morgan fingerprint density at radius 3 is 2.60 bits per heavy atom. The summed E-state index contributed by atoms with van der Waals surface area (Å²) in [6.07, 6.45) is 0. The van der Waals surface area contributed by atoms with E-state index in [0.717, 1.165) is 32.7 Å². The third kappa shape index (κ3) is 2.60. The SMILES string of the molecule is COc1cccc(-c2cc(-c3cccc(Br)c3)n[nH]2)c1. The van der Waals surface area contributed by atoms with Crippen LogP contribution in [-0.4, -0.2) is 17.3 Å². The molecule has 0 amide bonds. The fourth-order valence-corrected chi connectivity index (χ4v) is 2.46. The fourth-order valence-electron chi connectivity index (χ4n) is 2.06. The van der Waals surface area contributed by atoms with Gasteiger partial charge in [0, 0.05) is 15.6 Å². The molecule has 0 saturated carbocycles. The van der Waals surface area contributed by atoms with E-state index in [1.54, 1.807) is 7.11 Å². The first kappa shape index (κ1) is 12.9. The van der Waals surface area contributed by atoms with Gasteiger partial charge in [0.15, 0.2) is 0 Å². The summed E-state index contributed by atoms with van der Waals surface area (Å²) in [6.45, 7) is 0. The number of methoxy groups -OCH3 is 1. The van der Waals surface area contributed by atoms with Crippen molar-refractivity contribution >= 4 is 15.9 Å². The average Bonchev–Trinajstić information content (AvgIpc) is 2.97. The number of H-pyrrole nitrogens is 1. The number of halogens is 1. The molecule has 0 unspecified atom stereocenters. The Morgan fingerprint density at radius 1 is 1.00 bits per heavy atom. The highest BCUT2D eigenvalue weighted by atomic mass is 79.9. The molecule has 1 heterocycles. The first-order chi connectivity index (χ1) is 9.76. The van der Waals surface area contributed by atoms with Crippen LogP contribution in [0.3, 0.4) is 0 Å². The van der Waals surface area contributed by atoms with Gasteiger partial charge in [-0.3, -0.25) is 5.10 Å². The van der Waals surface area contributed by atoms with Crippen LogP contribution in [0.2, 0.25) is 0 Å². The molecule has 1 N–H and O–H groups in total. The second kappa shape index (κ2) is 5.51. The van der Waals surface area contributed by atoms with Crippen LogP contribution in [-0.2, 0) is 0 Å². The molecule has 3 rings (SSSR count). The average molecular weight is 329 g/mol. The van der Waals surface area contributed by atoms with Crippen LogP contribution in [0.25, 0.3) is 22.5 Å². The normalized spacial score (nSPS) is 10.5. The van der Waals surface area contributed by atoms with Crippen LogP contribution in [0.15, 0.2) is 59.1 Å². The minimum Gasteiger partial charge on any atom is -0.497 e. The van der Waals surface area contributed by atoms with Crippen molar-refractivity contribution < 1.29 is 4.74 Å². The lowest BCUT2D eigenvalue weighted by Gasteiger charge is -2.01. The summed E-state index contributed by atoms with van der Waals surface area (Å²) in [5, 5.41) is 7.44. The summed E-state index contributed by atoms with van der Waals surface area (Å²) >= 11 is 3.48. The lowest BCUT2D eigenvalue weighted by atomic mass is 10.1. The Morgan fingerprint density at radius 2 is 1.80 bits per heavy atom. The molecule has 20 heavy (non-hydrogen) atoms. The Bertz CT molecular complexity index is 737. The van der Waals surface area contributed by atoms with Gasteiger partial charge < -0.3 is 4.74 Å². The molecule has 0 atom stereocenters. The maximum atomic E-state index is 5.24. The van der Waals surface area contributed by atoms with Crippen molar-refractivity contribution in [3.8, 4) is 28.3 Å². The number of hydrogen-bond donors (Lipinski definition) is 1. The fraction of sp³-hybridized carbons (Fsp3) is 0.0625. The predicted molar refractivity (Wildman–Crippen MR) is 83.7 cm³/mol. The highest BCUT2D eigenvalue weighted by molar-refractivity contribution is 9.10. The molecule has 2 aromatic carbocycles. The van der Waals surface area contributed by atoms with E-state index < -0.39 is 0 Å². The summed E-state index contributed by atoms with van der Waals surface area (Å²) in [6, 6.07) is 18.0. The summed E-state index contributed by atoms with van der Waals surface area (Å²) in [5.41, 5.74) is 4.02. The van der Waals surface area contributed by atoms with Gasteiger partial charge in [0.2, 0.25) is 0 Å². The van der Waals surface area contributed by atoms with E-state index in [-0.39, 0.29) is 0 Å². The lowest BCUT2D eigenvalue weighted by molar-refractivity contribution is 0.415. The molecule has 0 aliphatic rings. The maximum absolute atomic E-state index is 5.24. The zero-order valence-corrected chi connectivity index (χ0v) is 12.5. The smallest absolute Gasteiger partial charge is 0.119 e. The third-order valence-corrected chi connectivity index (χ3v) is 3.57. The Balaban J connectivity index is 1.97. The molecular weight excluding hydrogens is 316 g/mol. The minimum absolute atomic E-state index is 0.834. The van der Waals surface area contributed by atoms with Crippen molar-refractivity contribution in [2.45, 2.75) is 0 Å². The van der Waals surface area contributed by atoms with E-state index in [9.17, 15) is 0 Å². The molecule has 3 aromatic rings. The molecule has 0 aliphatic heterocycles. The summed E-state index contributed by atoms with van der Waals surface area (Å²) in [4.78, 5) is 0. The van der Waals surface area contributed by atoms with Gasteiger partial charge in [-0.25, -0.2) is 0 Å². The van der Waals surface area contributed by atoms with Crippen molar-refractivity contribution in [1.82, 2.24) is 10.2 Å². The summed E-state index contributed by atoms with van der Waals surface area (Å²) < 4.78 is 6.29. The van der Waals surface area contributed by atoms with E-state index in [4.69, 9.17) is 4.74 Å². The van der Waals surface area contributed by atoms with Gasteiger partial charge >= 0.3 is 0 Å². The third-order valence-electron chi connectivity index (χ3n) is 3.08. The van der Waals surface area contributed by atoms with Gasteiger partial charge in [0.1, 0.15) is 5.75 Å². The van der Waals surface area contributed by atoms with E-state index in [1.165, 1.54) is 0 Å². The lowest BCUT2D eigenvalue weighted by Crippen LogP contribution is -1.83. The molecule has 0 aliphatic carbocycles. The molecule has 4 heteroatoms. The summed E-state index contributed by atoms with van der Waals surface area (Å²) in [7, 11) is 1.67. The number of rotatable bonds is 3.